The zero-order valence-electron chi connectivity index (χ0n) is 55.0. The van der Waals surface area contributed by atoms with Gasteiger partial charge in [-0.05, 0) is 51.4 Å². The number of esters is 1. The predicted molar refractivity (Wildman–Crippen MR) is 356 cm³/mol. The molecule has 0 aromatic carbocycles. The van der Waals surface area contributed by atoms with Crippen molar-refractivity contribution in [2.75, 3.05) is 13.2 Å². The van der Waals surface area contributed by atoms with Crippen LogP contribution >= 0.6 is 0 Å². The SMILES string of the molecule is CCCC/C=C\CCCCCCCC(=O)OCCCCCCCCCCCCCCCCCCCCCCCCCCCCCCCCCCCCCC(=O)NC(CO)C(O)/C=C/CCCCCCCCCCCCCCCCCC. The normalized spacial score (nSPS) is 12.6. The summed E-state index contributed by atoms with van der Waals surface area (Å²) in [6, 6.07) is -0.624. The molecule has 0 saturated carbocycles. The molecule has 0 aliphatic heterocycles. The lowest BCUT2D eigenvalue weighted by Crippen LogP contribution is -2.45. The molecule has 6 heteroatoms. The minimum absolute atomic E-state index is 0.0118. The zero-order valence-corrected chi connectivity index (χ0v) is 55.0. The first kappa shape index (κ1) is 79.3. The zero-order chi connectivity index (χ0) is 58.5. The third-order valence-electron chi connectivity index (χ3n) is 17.5. The van der Waals surface area contributed by atoms with Gasteiger partial charge in [-0.15, -0.1) is 0 Å². The summed E-state index contributed by atoms with van der Waals surface area (Å²) in [5.41, 5.74) is 0. The van der Waals surface area contributed by atoms with Crippen molar-refractivity contribution in [2.45, 2.75) is 431 Å². The lowest BCUT2D eigenvalue weighted by molar-refractivity contribution is -0.143. The first-order chi connectivity index (χ1) is 40.0. The average molecular weight is 1140 g/mol. The van der Waals surface area contributed by atoms with Gasteiger partial charge in [-0.3, -0.25) is 9.59 Å². The van der Waals surface area contributed by atoms with Gasteiger partial charge in [0.15, 0.2) is 0 Å². The number of hydrogen-bond donors (Lipinski definition) is 3. The first-order valence-electron chi connectivity index (χ1n) is 37.1. The molecule has 0 radical (unpaired) electrons. The van der Waals surface area contributed by atoms with Crippen molar-refractivity contribution in [3.05, 3.63) is 24.3 Å². The summed E-state index contributed by atoms with van der Waals surface area (Å²) < 4.78 is 5.47. The van der Waals surface area contributed by atoms with E-state index in [0.29, 0.717) is 19.4 Å². The molecule has 0 aliphatic carbocycles. The molecule has 0 fully saturated rings. The van der Waals surface area contributed by atoms with E-state index in [-0.39, 0.29) is 18.5 Å². The quantitative estimate of drug-likeness (QED) is 0.0320. The van der Waals surface area contributed by atoms with Gasteiger partial charge in [-0.1, -0.05) is 378 Å². The van der Waals surface area contributed by atoms with Crippen molar-refractivity contribution in [1.29, 1.82) is 0 Å². The second-order valence-electron chi connectivity index (χ2n) is 25.6. The Bertz CT molecular complexity index is 1270. The maximum Gasteiger partial charge on any atom is 0.305 e. The van der Waals surface area contributed by atoms with Crippen LogP contribution in [-0.2, 0) is 14.3 Å². The highest BCUT2D eigenvalue weighted by Crippen LogP contribution is 2.19. The fourth-order valence-corrected chi connectivity index (χ4v) is 11.8. The van der Waals surface area contributed by atoms with Gasteiger partial charge in [0, 0.05) is 12.8 Å². The third-order valence-corrected chi connectivity index (χ3v) is 17.5. The molecular weight excluding hydrogens is 995 g/mol. The summed E-state index contributed by atoms with van der Waals surface area (Å²) in [7, 11) is 0. The molecule has 0 rings (SSSR count). The van der Waals surface area contributed by atoms with Crippen LogP contribution in [0.4, 0.5) is 0 Å². The van der Waals surface area contributed by atoms with Gasteiger partial charge >= 0.3 is 5.97 Å². The van der Waals surface area contributed by atoms with Crippen LogP contribution < -0.4 is 5.32 Å². The van der Waals surface area contributed by atoms with Crippen molar-refractivity contribution in [3.63, 3.8) is 0 Å². The number of ether oxygens (including phenoxy) is 1. The standard InChI is InChI=1S/C75H145NO5/c1-3-5-7-9-11-13-15-16-17-18-38-41-44-48-51-55-59-63-67-73(78)72(71-77)76-74(79)68-64-60-56-52-49-45-42-39-36-34-32-30-28-26-24-22-20-19-21-23-25-27-29-31-33-35-37-40-43-46-50-54-58-62-66-70-81-75(80)69-65-61-57-53-47-14-12-10-8-6-4-2/h10,12,63,67,72-73,77-78H,3-9,11,13-62,64-66,68-71H2,1-2H3,(H,76,79)/b12-10-,67-63+. The van der Waals surface area contributed by atoms with Crippen LogP contribution in [0.15, 0.2) is 24.3 Å². The molecule has 6 nitrogen and oxygen atoms in total. The van der Waals surface area contributed by atoms with Gasteiger partial charge in [-0.2, -0.15) is 0 Å². The number of hydrogen-bond acceptors (Lipinski definition) is 5. The summed E-state index contributed by atoms with van der Waals surface area (Å²) in [6.45, 7) is 4.91. The van der Waals surface area contributed by atoms with E-state index in [0.717, 1.165) is 44.9 Å². The summed E-state index contributed by atoms with van der Waals surface area (Å²) in [5.74, 6) is -0.0471. The molecule has 1 amide bonds. The van der Waals surface area contributed by atoms with E-state index in [9.17, 15) is 19.8 Å². The number of amides is 1. The van der Waals surface area contributed by atoms with E-state index in [1.807, 2.05) is 6.08 Å². The molecule has 0 heterocycles. The summed E-state index contributed by atoms with van der Waals surface area (Å²) in [5, 5.41) is 23.2. The molecular formula is C75H145NO5. The van der Waals surface area contributed by atoms with Gasteiger partial charge in [0.2, 0.25) is 5.91 Å². The molecule has 81 heavy (non-hydrogen) atoms. The Morgan fingerprint density at radius 3 is 0.914 bits per heavy atom. The van der Waals surface area contributed by atoms with E-state index in [2.05, 4.69) is 31.3 Å². The molecule has 0 aromatic heterocycles. The van der Waals surface area contributed by atoms with Crippen molar-refractivity contribution in [3.8, 4) is 0 Å². The molecule has 2 unspecified atom stereocenters. The lowest BCUT2D eigenvalue weighted by Gasteiger charge is -2.20. The topological polar surface area (TPSA) is 95.9 Å². The van der Waals surface area contributed by atoms with Crippen molar-refractivity contribution >= 4 is 11.9 Å². The highest BCUT2D eigenvalue weighted by molar-refractivity contribution is 5.76. The average Bonchev–Trinajstić information content (AvgIpc) is 3.47. The fraction of sp³-hybridized carbons (Fsp3) is 0.920. The Hall–Kier alpha value is -1.66. The summed E-state index contributed by atoms with van der Waals surface area (Å²) in [6.07, 6.45) is 90.0. The highest BCUT2D eigenvalue weighted by Gasteiger charge is 2.18. The molecule has 0 saturated heterocycles. The van der Waals surface area contributed by atoms with Gasteiger partial charge in [0.25, 0.3) is 0 Å². The molecule has 480 valence electrons. The van der Waals surface area contributed by atoms with Crippen LogP contribution in [0.2, 0.25) is 0 Å². The maximum absolute atomic E-state index is 12.5. The Morgan fingerprint density at radius 1 is 0.333 bits per heavy atom. The number of carbonyl (C=O) groups is 2. The van der Waals surface area contributed by atoms with Gasteiger partial charge < -0.3 is 20.3 Å². The number of aliphatic hydroxyl groups excluding tert-OH is 2. The summed E-state index contributed by atoms with van der Waals surface area (Å²) in [4.78, 5) is 24.5. The predicted octanol–water partition coefficient (Wildman–Crippen LogP) is 24.1. The third kappa shape index (κ3) is 67.3. The second-order valence-corrected chi connectivity index (χ2v) is 25.6. The number of aliphatic hydroxyl groups is 2. The number of carbonyl (C=O) groups excluding carboxylic acids is 2. The Labute approximate surface area is 507 Å². The first-order valence-corrected chi connectivity index (χ1v) is 37.1. The van der Waals surface area contributed by atoms with Crippen LogP contribution in [0.5, 0.6) is 0 Å². The molecule has 2 atom stereocenters. The van der Waals surface area contributed by atoms with Crippen LogP contribution in [-0.4, -0.2) is 47.4 Å². The largest absolute Gasteiger partial charge is 0.466 e. The van der Waals surface area contributed by atoms with E-state index in [1.54, 1.807) is 6.08 Å². The van der Waals surface area contributed by atoms with Gasteiger partial charge in [-0.25, -0.2) is 0 Å². The van der Waals surface area contributed by atoms with Crippen LogP contribution in [0.3, 0.4) is 0 Å². The Kier molecular flexibility index (Phi) is 69.4. The van der Waals surface area contributed by atoms with Crippen molar-refractivity contribution in [1.82, 2.24) is 5.32 Å². The van der Waals surface area contributed by atoms with Gasteiger partial charge in [0.05, 0.1) is 25.4 Å². The van der Waals surface area contributed by atoms with Crippen LogP contribution in [0.1, 0.15) is 418 Å². The molecule has 0 bridgehead atoms. The van der Waals surface area contributed by atoms with E-state index >= 15 is 0 Å². The number of nitrogens with one attached hydrogen (secondary N) is 1. The number of allylic oxidation sites excluding steroid dienone is 3. The second kappa shape index (κ2) is 70.8. The van der Waals surface area contributed by atoms with Crippen molar-refractivity contribution in [2.24, 2.45) is 0 Å². The number of rotatable bonds is 70. The Balaban J connectivity index is 3.33. The van der Waals surface area contributed by atoms with E-state index in [4.69, 9.17) is 4.74 Å². The smallest absolute Gasteiger partial charge is 0.305 e. The van der Waals surface area contributed by atoms with Gasteiger partial charge in [0.1, 0.15) is 0 Å². The molecule has 0 aromatic rings. The van der Waals surface area contributed by atoms with E-state index < -0.39 is 12.1 Å². The van der Waals surface area contributed by atoms with Crippen LogP contribution in [0, 0.1) is 0 Å². The summed E-state index contributed by atoms with van der Waals surface area (Å²) >= 11 is 0. The number of unbranched alkanes of at least 4 members (excludes halogenated alkanes) is 57. The Morgan fingerprint density at radius 2 is 0.593 bits per heavy atom. The molecule has 0 aliphatic rings. The van der Waals surface area contributed by atoms with E-state index in [1.165, 1.54) is 347 Å². The lowest BCUT2D eigenvalue weighted by atomic mass is 10.0. The monoisotopic (exact) mass is 1140 g/mol. The van der Waals surface area contributed by atoms with Crippen molar-refractivity contribution < 1.29 is 24.5 Å². The minimum atomic E-state index is -0.841. The highest BCUT2D eigenvalue weighted by atomic mass is 16.5. The molecule has 3 N–H and O–H groups in total. The fourth-order valence-electron chi connectivity index (χ4n) is 11.8. The minimum Gasteiger partial charge on any atom is -0.466 e. The van der Waals surface area contributed by atoms with Crippen LogP contribution in [0.25, 0.3) is 0 Å². The maximum atomic E-state index is 12.5. The molecule has 0 spiro atoms.